The van der Waals surface area contributed by atoms with E-state index in [2.05, 4.69) is 5.32 Å². The van der Waals surface area contributed by atoms with Gasteiger partial charge in [-0.2, -0.15) is 22.0 Å². The molecule has 2 N–H and O–H groups in total. The van der Waals surface area contributed by atoms with E-state index in [0.29, 0.717) is 0 Å². The minimum Gasteiger partial charge on any atom is -0.354 e. The number of nitrogens with one attached hydrogen (secondary N) is 2. The van der Waals surface area contributed by atoms with Crippen LogP contribution in [0, 0.1) is 5.92 Å². The molecule has 0 heterocycles. The molecule has 0 spiro atoms. The summed E-state index contributed by atoms with van der Waals surface area (Å²) in [4.78, 5) is 21.7. The van der Waals surface area contributed by atoms with E-state index in [1.807, 2.05) is 0 Å². The molecule has 9 heteroatoms. The number of hydrogen-bond donors (Lipinski definition) is 2. The zero-order valence-electron chi connectivity index (χ0n) is 9.11. The van der Waals surface area contributed by atoms with E-state index < -0.39 is 24.6 Å². The first-order valence-electron chi connectivity index (χ1n) is 5.17. The Kier molecular flexibility index (Phi) is 4.12. The molecule has 1 rings (SSSR count). The highest BCUT2D eigenvalue weighted by Gasteiger charge is 2.63. The first-order valence-corrected chi connectivity index (χ1v) is 5.17. The lowest BCUT2D eigenvalue weighted by Crippen LogP contribution is -2.51. The van der Waals surface area contributed by atoms with Crippen LogP contribution >= 0.6 is 0 Å². The maximum Gasteiger partial charge on any atom is 0.463 e. The highest BCUT2D eigenvalue weighted by Crippen LogP contribution is 2.35. The summed E-state index contributed by atoms with van der Waals surface area (Å²) >= 11 is 0. The predicted molar refractivity (Wildman–Crippen MR) is 49.7 cm³/mol. The number of carbonyl (C=O) groups excluding carboxylic acids is 2. The van der Waals surface area contributed by atoms with Gasteiger partial charge in [0, 0.05) is 19.0 Å². The largest absolute Gasteiger partial charge is 0.463 e. The van der Waals surface area contributed by atoms with Crippen LogP contribution in [0.1, 0.15) is 12.8 Å². The molecule has 104 valence electrons. The zero-order chi connectivity index (χ0) is 14.0. The van der Waals surface area contributed by atoms with E-state index in [-0.39, 0.29) is 18.4 Å². The Bertz CT molecular complexity index is 338. The number of amides is 2. The maximum atomic E-state index is 12.4. The first kappa shape index (κ1) is 14.7. The fourth-order valence-electron chi connectivity index (χ4n) is 1.09. The van der Waals surface area contributed by atoms with Crippen LogP contribution in [0.5, 0.6) is 0 Å². The van der Waals surface area contributed by atoms with Gasteiger partial charge in [0.15, 0.2) is 0 Å². The maximum absolute atomic E-state index is 12.4. The number of carbonyl (C=O) groups is 2. The molecule has 0 aliphatic heterocycles. The Hall–Kier alpha value is -1.41. The summed E-state index contributed by atoms with van der Waals surface area (Å²) in [6.45, 7) is -0.669. The van der Waals surface area contributed by atoms with Crippen molar-refractivity contribution in [3.8, 4) is 0 Å². The Balaban J connectivity index is 2.26. The van der Waals surface area contributed by atoms with Gasteiger partial charge in [-0.05, 0) is 12.8 Å². The summed E-state index contributed by atoms with van der Waals surface area (Å²) in [7, 11) is 0. The molecule has 2 amide bonds. The molecule has 0 aromatic heterocycles. The van der Waals surface area contributed by atoms with Crippen LogP contribution in [0.2, 0.25) is 0 Å². The molecule has 18 heavy (non-hydrogen) atoms. The molecule has 1 fully saturated rings. The van der Waals surface area contributed by atoms with Crippen molar-refractivity contribution < 1.29 is 31.5 Å². The summed E-state index contributed by atoms with van der Waals surface area (Å²) in [6.07, 6.45) is -4.44. The third-order valence-electron chi connectivity index (χ3n) is 2.30. The second-order valence-corrected chi connectivity index (χ2v) is 3.89. The van der Waals surface area contributed by atoms with E-state index >= 15 is 0 Å². The van der Waals surface area contributed by atoms with Gasteiger partial charge in [-0.25, -0.2) is 0 Å². The second kappa shape index (κ2) is 5.07. The third kappa shape index (κ3) is 3.54. The standard InChI is InChI=1S/C9H11F5N2O2/c10-8(11,9(12,13)14)7(18)16-4-3-15-6(17)5-1-2-5/h5H,1-4H2,(H,15,17)(H,16,18). The summed E-state index contributed by atoms with van der Waals surface area (Å²) in [5, 5.41) is 3.73. The van der Waals surface area contributed by atoms with Crippen molar-refractivity contribution in [3.63, 3.8) is 0 Å². The van der Waals surface area contributed by atoms with Gasteiger partial charge in [0.2, 0.25) is 5.91 Å². The molecule has 0 unspecified atom stereocenters. The van der Waals surface area contributed by atoms with Crippen LogP contribution in [-0.2, 0) is 9.59 Å². The highest BCUT2D eigenvalue weighted by atomic mass is 19.4. The van der Waals surface area contributed by atoms with Gasteiger partial charge in [-0.1, -0.05) is 0 Å². The van der Waals surface area contributed by atoms with Crippen molar-refractivity contribution in [3.05, 3.63) is 0 Å². The molecule has 1 aliphatic rings. The monoisotopic (exact) mass is 274 g/mol. The normalized spacial score (nSPS) is 16.3. The number of hydrogen-bond acceptors (Lipinski definition) is 2. The van der Waals surface area contributed by atoms with Gasteiger partial charge >= 0.3 is 12.1 Å². The molecular formula is C9H11F5N2O2. The summed E-state index contributed by atoms with van der Waals surface area (Å²) in [5.74, 6) is -8.23. The SMILES string of the molecule is O=C(NCCNC(=O)C(F)(F)C(F)(F)F)C1CC1. The minimum absolute atomic E-state index is 0.0997. The van der Waals surface area contributed by atoms with Gasteiger partial charge < -0.3 is 10.6 Å². The summed E-state index contributed by atoms with van der Waals surface area (Å²) < 4.78 is 60.1. The van der Waals surface area contributed by atoms with Crippen molar-refractivity contribution >= 4 is 11.8 Å². The van der Waals surface area contributed by atoms with Gasteiger partial charge in [-0.15, -0.1) is 0 Å². The Morgan fingerprint density at radius 3 is 1.94 bits per heavy atom. The average molecular weight is 274 g/mol. The van der Waals surface area contributed by atoms with Crippen molar-refractivity contribution in [1.82, 2.24) is 10.6 Å². The number of halogens is 5. The molecule has 1 aliphatic carbocycles. The topological polar surface area (TPSA) is 58.2 Å². The van der Waals surface area contributed by atoms with E-state index in [4.69, 9.17) is 0 Å². The fraction of sp³-hybridized carbons (Fsp3) is 0.778. The van der Waals surface area contributed by atoms with Crippen molar-refractivity contribution in [2.24, 2.45) is 5.92 Å². The lowest BCUT2D eigenvalue weighted by molar-refractivity contribution is -0.269. The Morgan fingerprint density at radius 1 is 1.00 bits per heavy atom. The lowest BCUT2D eigenvalue weighted by atomic mass is 10.3. The van der Waals surface area contributed by atoms with Crippen LogP contribution < -0.4 is 10.6 Å². The molecule has 0 aromatic rings. The quantitative estimate of drug-likeness (QED) is 0.576. The van der Waals surface area contributed by atoms with Crippen LogP contribution in [-0.4, -0.2) is 37.0 Å². The summed E-state index contributed by atoms with van der Waals surface area (Å²) in [6, 6.07) is 0. The molecule has 0 aromatic carbocycles. The van der Waals surface area contributed by atoms with Crippen LogP contribution in [0.4, 0.5) is 22.0 Å². The Morgan fingerprint density at radius 2 is 1.50 bits per heavy atom. The zero-order valence-corrected chi connectivity index (χ0v) is 9.11. The second-order valence-electron chi connectivity index (χ2n) is 3.89. The van der Waals surface area contributed by atoms with Crippen molar-refractivity contribution in [2.75, 3.05) is 13.1 Å². The molecule has 0 bridgehead atoms. The van der Waals surface area contributed by atoms with Crippen molar-refractivity contribution in [2.45, 2.75) is 24.9 Å². The minimum atomic E-state index is -5.92. The number of alkyl halides is 5. The van der Waals surface area contributed by atoms with E-state index in [1.54, 1.807) is 0 Å². The van der Waals surface area contributed by atoms with Gasteiger partial charge in [0.1, 0.15) is 0 Å². The first-order chi connectivity index (χ1) is 8.16. The van der Waals surface area contributed by atoms with Gasteiger partial charge in [0.25, 0.3) is 5.91 Å². The highest BCUT2D eigenvalue weighted by molar-refractivity contribution is 5.84. The fourth-order valence-corrected chi connectivity index (χ4v) is 1.09. The van der Waals surface area contributed by atoms with Gasteiger partial charge in [-0.3, -0.25) is 9.59 Å². The molecule has 0 radical (unpaired) electrons. The summed E-state index contributed by atoms with van der Waals surface area (Å²) in [5.41, 5.74) is 0. The van der Waals surface area contributed by atoms with E-state index in [1.165, 1.54) is 5.32 Å². The Labute approximate surface area is 98.9 Å². The van der Waals surface area contributed by atoms with E-state index in [0.717, 1.165) is 12.8 Å². The number of rotatable bonds is 5. The average Bonchev–Trinajstić information content (AvgIpc) is 3.05. The van der Waals surface area contributed by atoms with Crippen LogP contribution in [0.3, 0.4) is 0 Å². The third-order valence-corrected chi connectivity index (χ3v) is 2.30. The van der Waals surface area contributed by atoms with Crippen LogP contribution in [0.25, 0.3) is 0 Å². The molecule has 0 saturated heterocycles. The molecule has 4 nitrogen and oxygen atoms in total. The van der Waals surface area contributed by atoms with Crippen LogP contribution in [0.15, 0.2) is 0 Å². The molecular weight excluding hydrogens is 263 g/mol. The predicted octanol–water partition coefficient (Wildman–Crippen LogP) is 0.826. The van der Waals surface area contributed by atoms with Gasteiger partial charge in [0.05, 0.1) is 0 Å². The molecule has 0 atom stereocenters. The lowest BCUT2D eigenvalue weighted by Gasteiger charge is -2.18. The smallest absolute Gasteiger partial charge is 0.354 e. The molecule has 1 saturated carbocycles. The van der Waals surface area contributed by atoms with E-state index in [9.17, 15) is 31.5 Å². The van der Waals surface area contributed by atoms with Crippen molar-refractivity contribution in [1.29, 1.82) is 0 Å².